The van der Waals surface area contributed by atoms with Crippen LogP contribution in [0.25, 0.3) is 0 Å². The van der Waals surface area contributed by atoms with Gasteiger partial charge in [0, 0.05) is 25.0 Å². The molecule has 1 aliphatic rings. The Bertz CT molecular complexity index is 475. The van der Waals surface area contributed by atoms with Crippen LogP contribution in [0.4, 0.5) is 0 Å². The standard InChI is InChI=1S/C11H17N3O2S/c1-9-5-10(6-12)8-14(9)17(15,16)11-3-2-4-13-7-11/h2-4,7,9-10H,5-6,8,12H2,1H3. The van der Waals surface area contributed by atoms with Gasteiger partial charge in [0.2, 0.25) is 10.0 Å². The Kier molecular flexibility index (Phi) is 3.46. The molecule has 0 amide bonds. The normalized spacial score (nSPS) is 26.2. The predicted molar refractivity (Wildman–Crippen MR) is 64.8 cm³/mol. The SMILES string of the molecule is CC1CC(CN)CN1S(=O)(=O)c1cccnc1. The predicted octanol–water partition coefficient (Wildman–Crippen LogP) is 0.439. The van der Waals surface area contributed by atoms with E-state index in [9.17, 15) is 8.42 Å². The van der Waals surface area contributed by atoms with E-state index in [1.807, 2.05) is 6.92 Å². The fourth-order valence-electron chi connectivity index (χ4n) is 2.25. The van der Waals surface area contributed by atoms with Crippen LogP contribution >= 0.6 is 0 Å². The highest BCUT2D eigenvalue weighted by molar-refractivity contribution is 7.89. The van der Waals surface area contributed by atoms with Crippen LogP contribution in [0.5, 0.6) is 0 Å². The minimum Gasteiger partial charge on any atom is -0.330 e. The quantitative estimate of drug-likeness (QED) is 0.850. The Labute approximate surface area is 102 Å². The molecule has 1 fully saturated rings. The summed E-state index contributed by atoms with van der Waals surface area (Å²) in [6.07, 6.45) is 3.78. The number of nitrogens with two attached hydrogens (primary N) is 1. The highest BCUT2D eigenvalue weighted by Crippen LogP contribution is 2.28. The van der Waals surface area contributed by atoms with Crippen molar-refractivity contribution in [3.8, 4) is 0 Å². The van der Waals surface area contributed by atoms with Crippen molar-refractivity contribution in [3.63, 3.8) is 0 Å². The number of hydrogen-bond donors (Lipinski definition) is 1. The number of pyridine rings is 1. The second-order valence-corrected chi connectivity index (χ2v) is 6.34. The average Bonchev–Trinajstić information content (AvgIpc) is 2.72. The van der Waals surface area contributed by atoms with Crippen molar-refractivity contribution in [2.24, 2.45) is 11.7 Å². The van der Waals surface area contributed by atoms with E-state index in [4.69, 9.17) is 5.73 Å². The molecule has 6 heteroatoms. The maximum atomic E-state index is 12.4. The first kappa shape index (κ1) is 12.5. The van der Waals surface area contributed by atoms with Crippen molar-refractivity contribution in [1.29, 1.82) is 0 Å². The highest BCUT2D eigenvalue weighted by atomic mass is 32.2. The molecule has 1 aromatic rings. The lowest BCUT2D eigenvalue weighted by atomic mass is 10.1. The molecular formula is C11H17N3O2S. The molecule has 5 nitrogen and oxygen atoms in total. The van der Waals surface area contributed by atoms with Crippen LogP contribution in [0.1, 0.15) is 13.3 Å². The van der Waals surface area contributed by atoms with Gasteiger partial charge in [-0.2, -0.15) is 4.31 Å². The van der Waals surface area contributed by atoms with Gasteiger partial charge in [0.05, 0.1) is 0 Å². The van der Waals surface area contributed by atoms with Crippen molar-refractivity contribution in [2.45, 2.75) is 24.3 Å². The Morgan fingerprint density at radius 1 is 1.59 bits per heavy atom. The molecule has 94 valence electrons. The Hall–Kier alpha value is -0.980. The van der Waals surface area contributed by atoms with E-state index in [1.165, 1.54) is 10.5 Å². The zero-order chi connectivity index (χ0) is 12.5. The fraction of sp³-hybridized carbons (Fsp3) is 0.545. The van der Waals surface area contributed by atoms with Gasteiger partial charge in [-0.05, 0) is 37.9 Å². The summed E-state index contributed by atoms with van der Waals surface area (Å²) < 4.78 is 26.2. The largest absolute Gasteiger partial charge is 0.330 e. The number of nitrogens with zero attached hydrogens (tertiary/aromatic N) is 2. The molecule has 17 heavy (non-hydrogen) atoms. The Morgan fingerprint density at radius 2 is 2.35 bits per heavy atom. The molecular weight excluding hydrogens is 238 g/mol. The second-order valence-electron chi connectivity index (χ2n) is 4.45. The molecule has 2 rings (SSSR count). The third-order valence-corrected chi connectivity index (χ3v) is 5.14. The average molecular weight is 255 g/mol. The molecule has 2 atom stereocenters. The summed E-state index contributed by atoms with van der Waals surface area (Å²) in [6, 6.07) is 3.22. The topological polar surface area (TPSA) is 76.3 Å². The molecule has 0 saturated carbocycles. The third kappa shape index (κ3) is 2.34. The zero-order valence-corrected chi connectivity index (χ0v) is 10.6. The van der Waals surface area contributed by atoms with Crippen LogP contribution in [-0.4, -0.2) is 36.8 Å². The molecule has 0 aliphatic carbocycles. The summed E-state index contributed by atoms with van der Waals surface area (Å²) in [5, 5.41) is 0. The van der Waals surface area contributed by atoms with Crippen LogP contribution < -0.4 is 5.73 Å². The van der Waals surface area contributed by atoms with Gasteiger partial charge in [0.25, 0.3) is 0 Å². The van der Waals surface area contributed by atoms with E-state index in [2.05, 4.69) is 4.98 Å². The molecule has 0 bridgehead atoms. The molecule has 2 heterocycles. The van der Waals surface area contributed by atoms with Crippen molar-refractivity contribution in [2.75, 3.05) is 13.1 Å². The monoisotopic (exact) mass is 255 g/mol. The van der Waals surface area contributed by atoms with Crippen molar-refractivity contribution in [3.05, 3.63) is 24.5 Å². The molecule has 1 aromatic heterocycles. The first-order chi connectivity index (χ1) is 8.05. The van der Waals surface area contributed by atoms with Gasteiger partial charge >= 0.3 is 0 Å². The maximum absolute atomic E-state index is 12.4. The first-order valence-corrected chi connectivity index (χ1v) is 7.11. The molecule has 2 N–H and O–H groups in total. The summed E-state index contributed by atoms with van der Waals surface area (Å²) in [5.41, 5.74) is 5.61. The highest BCUT2D eigenvalue weighted by Gasteiger charge is 2.37. The number of hydrogen-bond acceptors (Lipinski definition) is 4. The van der Waals surface area contributed by atoms with Gasteiger partial charge in [0.1, 0.15) is 4.90 Å². The van der Waals surface area contributed by atoms with Gasteiger partial charge in [-0.15, -0.1) is 0 Å². The third-order valence-electron chi connectivity index (χ3n) is 3.18. The summed E-state index contributed by atoms with van der Waals surface area (Å²) in [5.74, 6) is 0.261. The van der Waals surface area contributed by atoms with Gasteiger partial charge in [-0.1, -0.05) is 0 Å². The Morgan fingerprint density at radius 3 is 2.88 bits per heavy atom. The molecule has 0 radical (unpaired) electrons. The van der Waals surface area contributed by atoms with Gasteiger partial charge in [-0.3, -0.25) is 4.98 Å². The summed E-state index contributed by atoms with van der Waals surface area (Å²) in [4.78, 5) is 4.11. The minimum atomic E-state index is -3.42. The first-order valence-electron chi connectivity index (χ1n) is 5.67. The van der Waals surface area contributed by atoms with E-state index in [0.717, 1.165) is 6.42 Å². The molecule has 1 saturated heterocycles. The Balaban J connectivity index is 2.28. The second kappa shape index (κ2) is 4.72. The number of rotatable bonds is 3. The van der Waals surface area contributed by atoms with E-state index >= 15 is 0 Å². The summed E-state index contributed by atoms with van der Waals surface area (Å²) in [7, 11) is -3.42. The van der Waals surface area contributed by atoms with E-state index < -0.39 is 10.0 Å². The summed E-state index contributed by atoms with van der Waals surface area (Å²) >= 11 is 0. The van der Waals surface area contributed by atoms with E-state index in [1.54, 1.807) is 18.3 Å². The lowest BCUT2D eigenvalue weighted by Crippen LogP contribution is -2.34. The van der Waals surface area contributed by atoms with Crippen LogP contribution in [0.3, 0.4) is 0 Å². The van der Waals surface area contributed by atoms with Gasteiger partial charge in [-0.25, -0.2) is 8.42 Å². The smallest absolute Gasteiger partial charge is 0.244 e. The maximum Gasteiger partial charge on any atom is 0.244 e. The number of sulfonamides is 1. The van der Waals surface area contributed by atoms with Crippen LogP contribution in [0.2, 0.25) is 0 Å². The van der Waals surface area contributed by atoms with Crippen molar-refractivity contribution < 1.29 is 8.42 Å². The van der Waals surface area contributed by atoms with Crippen LogP contribution in [0.15, 0.2) is 29.4 Å². The lowest BCUT2D eigenvalue weighted by Gasteiger charge is -2.20. The van der Waals surface area contributed by atoms with Crippen molar-refractivity contribution in [1.82, 2.24) is 9.29 Å². The molecule has 0 spiro atoms. The van der Waals surface area contributed by atoms with Gasteiger partial charge in [0.15, 0.2) is 0 Å². The van der Waals surface area contributed by atoms with Crippen LogP contribution in [-0.2, 0) is 10.0 Å². The number of aromatic nitrogens is 1. The molecule has 1 aliphatic heterocycles. The molecule has 2 unspecified atom stereocenters. The van der Waals surface area contributed by atoms with Crippen LogP contribution in [0, 0.1) is 5.92 Å². The fourth-order valence-corrected chi connectivity index (χ4v) is 3.93. The molecule has 0 aromatic carbocycles. The van der Waals surface area contributed by atoms with E-state index in [0.29, 0.717) is 13.1 Å². The minimum absolute atomic E-state index is 0.00811. The summed E-state index contributed by atoms with van der Waals surface area (Å²) in [6.45, 7) is 2.96. The van der Waals surface area contributed by atoms with Gasteiger partial charge < -0.3 is 5.73 Å². The van der Waals surface area contributed by atoms with Crippen molar-refractivity contribution >= 4 is 10.0 Å². The zero-order valence-electron chi connectivity index (χ0n) is 9.78. The van der Waals surface area contributed by atoms with E-state index in [-0.39, 0.29) is 16.9 Å². The lowest BCUT2D eigenvalue weighted by molar-refractivity contribution is 0.404.